The molecule has 9 nitrogen and oxygen atoms in total. The van der Waals surface area contributed by atoms with Crippen LogP contribution in [0, 0.1) is 5.92 Å². The van der Waals surface area contributed by atoms with Gasteiger partial charge in [-0.15, -0.1) is 0 Å². The summed E-state index contributed by atoms with van der Waals surface area (Å²) >= 11 is 0. The SMILES string of the molecule is CCOC(=O)N1CCC(NC(=O)C2CCN(C(=O)N3C[C@H](C)Oc4ccccc43)CC2)CC1. The topological polar surface area (TPSA) is 91.4 Å². The average Bonchev–Trinajstić information content (AvgIpc) is 2.83. The molecule has 4 amide bonds. The summed E-state index contributed by atoms with van der Waals surface area (Å²) in [5.41, 5.74) is 0.801. The number of nitrogens with one attached hydrogen (secondary N) is 1. The molecular formula is C24H34N4O5. The third kappa shape index (κ3) is 5.34. The first kappa shape index (κ1) is 23.2. The molecule has 1 N–H and O–H groups in total. The van der Waals surface area contributed by atoms with Crippen molar-refractivity contribution in [2.45, 2.75) is 51.7 Å². The second-order valence-electron chi connectivity index (χ2n) is 9.02. The van der Waals surface area contributed by atoms with Crippen LogP contribution in [-0.4, -0.2) is 79.3 Å². The first-order chi connectivity index (χ1) is 16.0. The number of hydrogen-bond donors (Lipinski definition) is 1. The molecule has 3 aliphatic heterocycles. The zero-order valence-electron chi connectivity index (χ0n) is 19.5. The van der Waals surface area contributed by atoms with Crippen LogP contribution in [0.4, 0.5) is 15.3 Å². The molecule has 1 aromatic carbocycles. The summed E-state index contributed by atoms with van der Waals surface area (Å²) in [6, 6.07) is 7.67. The maximum atomic E-state index is 13.2. The van der Waals surface area contributed by atoms with Gasteiger partial charge in [0.2, 0.25) is 5.91 Å². The fourth-order valence-electron chi connectivity index (χ4n) is 4.81. The predicted molar refractivity (Wildman–Crippen MR) is 123 cm³/mol. The number of rotatable bonds is 3. The summed E-state index contributed by atoms with van der Waals surface area (Å²) in [4.78, 5) is 43.2. The van der Waals surface area contributed by atoms with E-state index in [0.29, 0.717) is 52.2 Å². The van der Waals surface area contributed by atoms with Gasteiger partial charge in [0.25, 0.3) is 0 Å². The molecule has 4 rings (SSSR count). The van der Waals surface area contributed by atoms with Crippen LogP contribution >= 0.6 is 0 Å². The Morgan fingerprint density at radius 2 is 1.70 bits per heavy atom. The van der Waals surface area contributed by atoms with Crippen LogP contribution in [-0.2, 0) is 9.53 Å². The van der Waals surface area contributed by atoms with Crippen molar-refractivity contribution in [3.05, 3.63) is 24.3 Å². The van der Waals surface area contributed by atoms with E-state index in [1.165, 1.54) is 0 Å². The number of fused-ring (bicyclic) bond motifs is 1. The number of hydrogen-bond acceptors (Lipinski definition) is 5. The maximum Gasteiger partial charge on any atom is 0.409 e. The molecule has 0 aromatic heterocycles. The molecule has 9 heteroatoms. The minimum Gasteiger partial charge on any atom is -0.487 e. The maximum absolute atomic E-state index is 13.2. The molecule has 180 valence electrons. The van der Waals surface area contributed by atoms with Gasteiger partial charge in [-0.05, 0) is 51.7 Å². The Bertz CT molecular complexity index is 862. The first-order valence-corrected chi connectivity index (χ1v) is 12.0. The van der Waals surface area contributed by atoms with Gasteiger partial charge < -0.3 is 24.6 Å². The molecule has 3 aliphatic rings. The van der Waals surface area contributed by atoms with E-state index in [4.69, 9.17) is 9.47 Å². The molecule has 0 unspecified atom stereocenters. The quantitative estimate of drug-likeness (QED) is 0.752. The highest BCUT2D eigenvalue weighted by Crippen LogP contribution is 2.34. The molecule has 33 heavy (non-hydrogen) atoms. The van der Waals surface area contributed by atoms with Crippen LogP contribution in [0.1, 0.15) is 39.5 Å². The smallest absolute Gasteiger partial charge is 0.409 e. The van der Waals surface area contributed by atoms with Crippen molar-refractivity contribution >= 4 is 23.7 Å². The Labute approximate surface area is 195 Å². The van der Waals surface area contributed by atoms with E-state index in [9.17, 15) is 14.4 Å². The molecule has 3 heterocycles. The summed E-state index contributed by atoms with van der Waals surface area (Å²) in [6.07, 6.45) is 2.42. The summed E-state index contributed by atoms with van der Waals surface area (Å²) in [6.45, 7) is 6.95. The number of urea groups is 1. The van der Waals surface area contributed by atoms with Crippen molar-refractivity contribution in [2.24, 2.45) is 5.92 Å². The molecule has 1 atom stereocenters. The number of benzene rings is 1. The van der Waals surface area contributed by atoms with E-state index >= 15 is 0 Å². The van der Waals surface area contributed by atoms with Gasteiger partial charge in [0, 0.05) is 38.1 Å². The van der Waals surface area contributed by atoms with Gasteiger partial charge in [-0.1, -0.05) is 12.1 Å². The van der Waals surface area contributed by atoms with E-state index in [-0.39, 0.29) is 36.1 Å². The molecule has 0 radical (unpaired) electrons. The zero-order chi connectivity index (χ0) is 23.4. The Morgan fingerprint density at radius 1 is 1.03 bits per heavy atom. The Hall–Kier alpha value is -2.97. The summed E-state index contributed by atoms with van der Waals surface area (Å²) in [7, 11) is 0. The Balaban J connectivity index is 1.25. The average molecular weight is 459 g/mol. The highest BCUT2D eigenvalue weighted by Gasteiger charge is 2.34. The van der Waals surface area contributed by atoms with Crippen LogP contribution in [0.3, 0.4) is 0 Å². The normalized spacial score (nSPS) is 21.8. The lowest BCUT2D eigenvalue weighted by molar-refractivity contribution is -0.127. The van der Waals surface area contributed by atoms with Gasteiger partial charge in [-0.2, -0.15) is 0 Å². The van der Waals surface area contributed by atoms with Crippen molar-refractivity contribution in [3.63, 3.8) is 0 Å². The number of likely N-dealkylation sites (tertiary alicyclic amines) is 2. The van der Waals surface area contributed by atoms with E-state index in [1.807, 2.05) is 36.1 Å². The molecule has 0 bridgehead atoms. The zero-order valence-corrected chi connectivity index (χ0v) is 19.5. The molecule has 2 fully saturated rings. The minimum absolute atomic E-state index is 0.0252. The number of ether oxygens (including phenoxy) is 2. The first-order valence-electron chi connectivity index (χ1n) is 12.0. The number of piperidine rings is 2. The molecule has 0 aliphatic carbocycles. The van der Waals surface area contributed by atoms with Crippen LogP contribution < -0.4 is 15.0 Å². The largest absolute Gasteiger partial charge is 0.487 e. The lowest BCUT2D eigenvalue weighted by atomic mass is 9.94. The molecule has 2 saturated heterocycles. The van der Waals surface area contributed by atoms with E-state index in [0.717, 1.165) is 24.3 Å². The number of nitrogens with zero attached hydrogens (tertiary/aromatic N) is 3. The van der Waals surface area contributed by atoms with Gasteiger partial charge in [0.05, 0.1) is 18.8 Å². The van der Waals surface area contributed by atoms with Gasteiger partial charge >= 0.3 is 12.1 Å². The fraction of sp³-hybridized carbons (Fsp3) is 0.625. The van der Waals surface area contributed by atoms with Crippen molar-refractivity contribution in [3.8, 4) is 5.75 Å². The predicted octanol–water partition coefficient (Wildman–Crippen LogP) is 2.84. The number of carbonyl (C=O) groups excluding carboxylic acids is 3. The second kappa shape index (κ2) is 10.3. The van der Waals surface area contributed by atoms with Gasteiger partial charge in [-0.25, -0.2) is 9.59 Å². The van der Waals surface area contributed by atoms with E-state index in [1.54, 1.807) is 16.7 Å². The van der Waals surface area contributed by atoms with Gasteiger partial charge in [0.1, 0.15) is 11.9 Å². The van der Waals surface area contributed by atoms with E-state index in [2.05, 4.69) is 5.32 Å². The van der Waals surface area contributed by atoms with Gasteiger partial charge in [0.15, 0.2) is 0 Å². The van der Waals surface area contributed by atoms with E-state index < -0.39 is 0 Å². The van der Waals surface area contributed by atoms with Crippen LogP contribution in [0.15, 0.2) is 24.3 Å². The molecule has 1 aromatic rings. The van der Waals surface area contributed by atoms with Crippen LogP contribution in [0.25, 0.3) is 0 Å². The van der Waals surface area contributed by atoms with Crippen LogP contribution in [0.2, 0.25) is 0 Å². The monoisotopic (exact) mass is 458 g/mol. The summed E-state index contributed by atoms with van der Waals surface area (Å²) in [5.74, 6) is 0.697. The lowest BCUT2D eigenvalue weighted by Crippen LogP contribution is -2.53. The number of amides is 4. The van der Waals surface area contributed by atoms with Crippen molar-refractivity contribution < 1.29 is 23.9 Å². The molecule has 0 saturated carbocycles. The lowest BCUT2D eigenvalue weighted by Gasteiger charge is -2.39. The summed E-state index contributed by atoms with van der Waals surface area (Å²) in [5, 5.41) is 3.16. The highest BCUT2D eigenvalue weighted by molar-refractivity contribution is 5.94. The second-order valence-corrected chi connectivity index (χ2v) is 9.02. The van der Waals surface area contributed by atoms with Crippen molar-refractivity contribution in [2.75, 3.05) is 44.2 Å². The third-order valence-electron chi connectivity index (χ3n) is 6.66. The fourth-order valence-corrected chi connectivity index (χ4v) is 4.81. The molecular weight excluding hydrogens is 424 g/mol. The third-order valence-corrected chi connectivity index (χ3v) is 6.66. The molecule has 0 spiro atoms. The standard InChI is InChI=1S/C24H34N4O5/c1-3-32-24(31)27-14-10-19(11-15-27)25-22(29)18-8-12-26(13-9-18)23(30)28-16-17(2)33-21-7-5-4-6-20(21)28/h4-7,17-19H,3,8-16H2,1-2H3,(H,25,29)/t17-/m0/s1. The Morgan fingerprint density at radius 3 is 2.39 bits per heavy atom. The Kier molecular flexibility index (Phi) is 7.25. The van der Waals surface area contributed by atoms with Crippen molar-refractivity contribution in [1.29, 1.82) is 0 Å². The van der Waals surface area contributed by atoms with Crippen LogP contribution in [0.5, 0.6) is 5.75 Å². The van der Waals surface area contributed by atoms with Gasteiger partial charge in [-0.3, -0.25) is 9.69 Å². The number of anilines is 1. The minimum atomic E-state index is -0.281. The summed E-state index contributed by atoms with van der Waals surface area (Å²) < 4.78 is 10.9. The number of carbonyl (C=O) groups is 3. The van der Waals surface area contributed by atoms with Crippen molar-refractivity contribution in [1.82, 2.24) is 15.1 Å². The number of para-hydroxylation sites is 2. The highest BCUT2D eigenvalue weighted by atomic mass is 16.6.